The molecule has 0 spiro atoms. The zero-order valence-corrected chi connectivity index (χ0v) is 19.8. The van der Waals surface area contributed by atoms with E-state index in [4.69, 9.17) is 23.2 Å². The molecule has 0 saturated heterocycles. The maximum absolute atomic E-state index is 13.6. The molecule has 1 aliphatic rings. The summed E-state index contributed by atoms with van der Waals surface area (Å²) >= 11 is 12.7. The summed E-state index contributed by atoms with van der Waals surface area (Å²) < 4.78 is 0. The molecular weight excluding hydrogens is 461 g/mol. The van der Waals surface area contributed by atoms with E-state index in [0.717, 1.165) is 10.8 Å². The van der Waals surface area contributed by atoms with Crippen LogP contribution in [-0.4, -0.2) is 41.8 Å². The molecule has 0 aromatic heterocycles. The fourth-order valence-electron chi connectivity index (χ4n) is 4.12. The monoisotopic (exact) mass is 483 g/mol. The molecule has 1 aliphatic heterocycles. The highest BCUT2D eigenvalue weighted by molar-refractivity contribution is 6.36. The molecule has 3 amide bonds. The summed E-state index contributed by atoms with van der Waals surface area (Å²) in [6.45, 7) is 3.71. The molecule has 1 atom stereocenters. The number of anilines is 1. The lowest BCUT2D eigenvalue weighted by Crippen LogP contribution is -2.51. The van der Waals surface area contributed by atoms with Gasteiger partial charge in [0, 0.05) is 39.6 Å². The Hall–Kier alpha value is -3.09. The summed E-state index contributed by atoms with van der Waals surface area (Å²) in [6, 6.07) is 15.4. The Morgan fingerprint density at radius 3 is 2.33 bits per heavy atom. The quantitative estimate of drug-likeness (QED) is 0.531. The van der Waals surface area contributed by atoms with Gasteiger partial charge in [-0.3, -0.25) is 19.3 Å². The van der Waals surface area contributed by atoms with Gasteiger partial charge >= 0.3 is 0 Å². The van der Waals surface area contributed by atoms with Gasteiger partial charge in [0.25, 0.3) is 5.91 Å². The lowest BCUT2D eigenvalue weighted by molar-refractivity contribution is -0.139. The molecular formula is C25H23Cl2N3O3. The molecule has 33 heavy (non-hydrogen) atoms. The van der Waals surface area contributed by atoms with E-state index < -0.39 is 6.04 Å². The Balaban J connectivity index is 1.67. The van der Waals surface area contributed by atoms with Crippen molar-refractivity contribution in [2.45, 2.75) is 26.4 Å². The van der Waals surface area contributed by atoms with Crippen molar-refractivity contribution in [3.63, 3.8) is 0 Å². The third-order valence-electron chi connectivity index (χ3n) is 5.85. The third-order valence-corrected chi connectivity index (χ3v) is 6.56. The number of benzene rings is 3. The first-order chi connectivity index (χ1) is 15.8. The molecule has 170 valence electrons. The Morgan fingerprint density at radius 2 is 1.67 bits per heavy atom. The highest BCUT2D eigenvalue weighted by Crippen LogP contribution is 2.37. The minimum absolute atomic E-state index is 0.0365. The molecule has 0 bridgehead atoms. The average molecular weight is 484 g/mol. The highest BCUT2D eigenvalue weighted by atomic mass is 35.5. The van der Waals surface area contributed by atoms with E-state index in [1.165, 1.54) is 9.80 Å². The second-order valence-electron chi connectivity index (χ2n) is 7.86. The van der Waals surface area contributed by atoms with Crippen molar-refractivity contribution in [1.29, 1.82) is 0 Å². The smallest absolute Gasteiger partial charge is 0.259 e. The minimum Gasteiger partial charge on any atom is -0.355 e. The third kappa shape index (κ3) is 4.28. The Kier molecular flexibility index (Phi) is 6.58. The van der Waals surface area contributed by atoms with Gasteiger partial charge in [0.2, 0.25) is 11.8 Å². The van der Waals surface area contributed by atoms with Crippen molar-refractivity contribution in [1.82, 2.24) is 10.2 Å². The van der Waals surface area contributed by atoms with Crippen LogP contribution in [0.5, 0.6) is 0 Å². The molecule has 0 aliphatic carbocycles. The molecule has 1 unspecified atom stereocenters. The van der Waals surface area contributed by atoms with Crippen LogP contribution in [0.2, 0.25) is 10.0 Å². The van der Waals surface area contributed by atoms with Gasteiger partial charge in [0.15, 0.2) is 0 Å². The maximum atomic E-state index is 13.6. The van der Waals surface area contributed by atoms with Crippen LogP contribution >= 0.6 is 23.2 Å². The van der Waals surface area contributed by atoms with Gasteiger partial charge in [-0.1, -0.05) is 53.5 Å². The molecule has 1 N–H and O–H groups in total. The van der Waals surface area contributed by atoms with Gasteiger partial charge in [-0.2, -0.15) is 0 Å². The fraction of sp³-hybridized carbons (Fsp3) is 0.240. The van der Waals surface area contributed by atoms with E-state index in [1.54, 1.807) is 31.2 Å². The first-order valence-electron chi connectivity index (χ1n) is 10.7. The van der Waals surface area contributed by atoms with Crippen molar-refractivity contribution in [3.8, 4) is 0 Å². The standard InChI is InChI=1S/C25H23Cl2N3O3/c1-3-28-24(32)15(2)29(13-18-19(26)10-6-11-20(18)27)22(31)14-30-21-12-5-8-16-7-4-9-17(23(16)21)25(30)33/h4-12,15H,3,13-14H2,1-2H3,(H,28,32). The highest BCUT2D eigenvalue weighted by Gasteiger charge is 2.34. The molecule has 8 heteroatoms. The number of nitrogens with zero attached hydrogens (tertiary/aromatic N) is 2. The van der Waals surface area contributed by atoms with Gasteiger partial charge in [0.05, 0.1) is 5.69 Å². The van der Waals surface area contributed by atoms with Crippen LogP contribution in [0.25, 0.3) is 10.8 Å². The number of hydrogen-bond donors (Lipinski definition) is 1. The minimum atomic E-state index is -0.791. The number of hydrogen-bond acceptors (Lipinski definition) is 3. The van der Waals surface area contributed by atoms with Crippen molar-refractivity contribution in [3.05, 3.63) is 75.8 Å². The molecule has 1 heterocycles. The van der Waals surface area contributed by atoms with Crippen LogP contribution in [-0.2, 0) is 16.1 Å². The number of amides is 3. The maximum Gasteiger partial charge on any atom is 0.259 e. The SMILES string of the molecule is CCNC(=O)C(C)N(Cc1c(Cl)cccc1Cl)C(=O)CN1C(=O)c2cccc3cccc1c23. The summed E-state index contributed by atoms with van der Waals surface area (Å²) in [5.41, 5.74) is 1.79. The van der Waals surface area contributed by atoms with Crippen molar-refractivity contribution >= 4 is 57.4 Å². The lowest BCUT2D eigenvalue weighted by Gasteiger charge is -2.31. The van der Waals surface area contributed by atoms with E-state index in [0.29, 0.717) is 33.4 Å². The van der Waals surface area contributed by atoms with Crippen molar-refractivity contribution < 1.29 is 14.4 Å². The first kappa shape index (κ1) is 23.1. The number of carbonyl (C=O) groups excluding carboxylic acids is 3. The van der Waals surface area contributed by atoms with Gasteiger partial charge in [-0.15, -0.1) is 0 Å². The number of carbonyl (C=O) groups is 3. The van der Waals surface area contributed by atoms with E-state index in [9.17, 15) is 14.4 Å². The number of rotatable bonds is 7. The molecule has 0 saturated carbocycles. The predicted molar refractivity (Wildman–Crippen MR) is 131 cm³/mol. The zero-order valence-electron chi connectivity index (χ0n) is 18.3. The summed E-state index contributed by atoms with van der Waals surface area (Å²) in [5, 5.41) is 5.31. The first-order valence-corrected chi connectivity index (χ1v) is 11.4. The summed E-state index contributed by atoms with van der Waals surface area (Å²) in [6.07, 6.45) is 0. The Labute approximate surface area is 202 Å². The second kappa shape index (κ2) is 9.41. The van der Waals surface area contributed by atoms with Gasteiger partial charge in [-0.25, -0.2) is 0 Å². The van der Waals surface area contributed by atoms with Crippen LogP contribution < -0.4 is 10.2 Å². The van der Waals surface area contributed by atoms with Crippen LogP contribution in [0.4, 0.5) is 5.69 Å². The molecule has 0 radical (unpaired) electrons. The summed E-state index contributed by atoms with van der Waals surface area (Å²) in [4.78, 5) is 42.2. The van der Waals surface area contributed by atoms with Crippen LogP contribution in [0, 0.1) is 0 Å². The van der Waals surface area contributed by atoms with Crippen molar-refractivity contribution in [2.24, 2.45) is 0 Å². The number of nitrogens with one attached hydrogen (secondary N) is 1. The van der Waals surface area contributed by atoms with Gasteiger partial charge < -0.3 is 10.2 Å². The fourth-order valence-corrected chi connectivity index (χ4v) is 4.64. The normalized spacial score (nSPS) is 13.3. The number of halogens is 2. The van der Waals surface area contributed by atoms with E-state index in [2.05, 4.69) is 5.32 Å². The largest absolute Gasteiger partial charge is 0.355 e. The number of likely N-dealkylation sites (N-methyl/N-ethyl adjacent to an activating group) is 1. The topological polar surface area (TPSA) is 69.7 Å². The van der Waals surface area contributed by atoms with E-state index >= 15 is 0 Å². The van der Waals surface area contributed by atoms with E-state index in [-0.39, 0.29) is 30.8 Å². The van der Waals surface area contributed by atoms with E-state index in [1.807, 2.05) is 37.3 Å². The van der Waals surface area contributed by atoms with Gasteiger partial charge in [-0.05, 0) is 43.5 Å². The molecule has 0 fully saturated rings. The van der Waals surface area contributed by atoms with Crippen molar-refractivity contribution in [2.75, 3.05) is 18.0 Å². The second-order valence-corrected chi connectivity index (χ2v) is 8.68. The molecule has 4 rings (SSSR count). The molecule has 3 aromatic rings. The zero-order chi connectivity index (χ0) is 23.7. The average Bonchev–Trinajstić information content (AvgIpc) is 3.06. The molecule has 3 aromatic carbocycles. The Bertz CT molecular complexity index is 1240. The lowest BCUT2D eigenvalue weighted by atomic mass is 10.1. The summed E-state index contributed by atoms with van der Waals surface area (Å²) in [5.74, 6) is -0.924. The predicted octanol–water partition coefficient (Wildman–Crippen LogP) is 4.66. The van der Waals surface area contributed by atoms with Crippen LogP contribution in [0.15, 0.2) is 54.6 Å². The Morgan fingerprint density at radius 1 is 1.03 bits per heavy atom. The molecule has 6 nitrogen and oxygen atoms in total. The van der Waals surface area contributed by atoms with Crippen LogP contribution in [0.3, 0.4) is 0 Å². The summed E-state index contributed by atoms with van der Waals surface area (Å²) in [7, 11) is 0. The van der Waals surface area contributed by atoms with Gasteiger partial charge in [0.1, 0.15) is 12.6 Å². The van der Waals surface area contributed by atoms with Crippen LogP contribution in [0.1, 0.15) is 29.8 Å².